The summed E-state index contributed by atoms with van der Waals surface area (Å²) in [5.74, 6) is 0. The first-order chi connectivity index (χ1) is 14.4. The third kappa shape index (κ3) is 5.51. The first kappa shape index (κ1) is 23.0. The van der Waals surface area contributed by atoms with Crippen molar-refractivity contribution >= 4 is 41.8 Å². The van der Waals surface area contributed by atoms with Crippen molar-refractivity contribution in [2.45, 2.75) is 151 Å². The van der Waals surface area contributed by atoms with Crippen molar-refractivity contribution in [1.29, 1.82) is 0 Å². The molecule has 1 saturated heterocycles. The van der Waals surface area contributed by atoms with Gasteiger partial charge < -0.3 is 0 Å². The summed E-state index contributed by atoms with van der Waals surface area (Å²) in [6, 6.07) is 0. The fourth-order valence-electron chi connectivity index (χ4n) is 6.76. The zero-order valence-corrected chi connectivity index (χ0v) is 24.1. The molecule has 1 radical (unpaired) electrons. The second-order valence-corrected chi connectivity index (χ2v) is 39.3. The summed E-state index contributed by atoms with van der Waals surface area (Å²) in [4.78, 5) is 0. The summed E-state index contributed by atoms with van der Waals surface area (Å²) in [5, 5.41) is 0. The minimum atomic E-state index is 0.500. The Morgan fingerprint density at radius 2 is 0.621 bits per heavy atom. The van der Waals surface area contributed by atoms with Gasteiger partial charge in [0.25, 0.3) is 0 Å². The fourth-order valence-corrected chi connectivity index (χ4v) is 106. The van der Waals surface area contributed by atoms with Crippen LogP contribution < -0.4 is 0 Å². The molecule has 0 aromatic heterocycles. The van der Waals surface area contributed by atoms with E-state index in [2.05, 4.69) is 0 Å². The van der Waals surface area contributed by atoms with Crippen LogP contribution in [0, 0.1) is 0 Å². The Labute approximate surface area is 192 Å². The molecular formula is C24H44AsP4. The summed E-state index contributed by atoms with van der Waals surface area (Å²) in [6.45, 7) is 0. The monoisotopic (exact) mass is 531 g/mol. The number of rotatable bonds is 4. The Morgan fingerprint density at radius 3 is 0.931 bits per heavy atom. The number of hydrogen-bond acceptors (Lipinski definition) is 0. The molecule has 5 heteroatoms. The zero-order valence-electron chi connectivity index (χ0n) is 18.7. The summed E-state index contributed by atoms with van der Waals surface area (Å²) in [5.41, 5.74) is 5.14. The van der Waals surface area contributed by atoms with E-state index in [1.54, 1.807) is 128 Å². The van der Waals surface area contributed by atoms with E-state index in [1.165, 1.54) is 22.6 Å². The SMILES string of the molecule is C1CCC(P2[As]P(C3CCCCC3)P(C3CCCCC3)P2C2CCCCC2)CC1. The molecule has 1 heterocycles. The van der Waals surface area contributed by atoms with E-state index in [4.69, 9.17) is 0 Å². The molecule has 4 unspecified atom stereocenters. The van der Waals surface area contributed by atoms with Crippen molar-refractivity contribution in [3.05, 3.63) is 0 Å². The average molecular weight is 531 g/mol. The van der Waals surface area contributed by atoms with Crippen LogP contribution in [0.2, 0.25) is 0 Å². The second kappa shape index (κ2) is 11.6. The van der Waals surface area contributed by atoms with E-state index in [1.807, 2.05) is 0 Å². The topological polar surface area (TPSA) is 0 Å². The fraction of sp³-hybridized carbons (Fsp3) is 1.00. The molecule has 0 nitrogen and oxygen atoms in total. The molecule has 29 heavy (non-hydrogen) atoms. The summed E-state index contributed by atoms with van der Waals surface area (Å²) in [6.07, 6.45) is 33.8. The predicted molar refractivity (Wildman–Crippen MR) is 141 cm³/mol. The third-order valence-electron chi connectivity index (χ3n) is 8.42. The van der Waals surface area contributed by atoms with E-state index >= 15 is 0 Å². The van der Waals surface area contributed by atoms with Gasteiger partial charge in [0.15, 0.2) is 0 Å². The molecule has 1 aliphatic heterocycles. The normalized spacial score (nSPS) is 40.6. The van der Waals surface area contributed by atoms with Crippen LogP contribution in [0.15, 0.2) is 0 Å². The Kier molecular flexibility index (Phi) is 9.23. The van der Waals surface area contributed by atoms with E-state index in [-0.39, 0.29) is 0 Å². The quantitative estimate of drug-likeness (QED) is 0.250. The summed E-state index contributed by atoms with van der Waals surface area (Å²) >= 11 is 0.798. The van der Waals surface area contributed by atoms with Gasteiger partial charge in [0.1, 0.15) is 0 Å². The van der Waals surface area contributed by atoms with Crippen molar-refractivity contribution in [1.82, 2.24) is 0 Å². The van der Waals surface area contributed by atoms with Crippen molar-refractivity contribution in [3.8, 4) is 0 Å². The molecule has 5 aliphatic rings. The standard InChI is InChI=1S/C24H44AsP4/c1-5-13-21(14-6-1)26-25-27(22-15-7-2-8-16-22)29(24-19-11-4-12-20-24)28(26)23-17-9-3-10-18-23/h21-24H,1-20H2. The van der Waals surface area contributed by atoms with Gasteiger partial charge in [0.2, 0.25) is 0 Å². The van der Waals surface area contributed by atoms with Crippen molar-refractivity contribution < 1.29 is 0 Å². The molecular weight excluding hydrogens is 487 g/mol. The van der Waals surface area contributed by atoms with Crippen LogP contribution in [0.5, 0.6) is 0 Å². The van der Waals surface area contributed by atoms with Gasteiger partial charge in [-0.2, -0.15) is 0 Å². The molecule has 4 atom stereocenters. The Morgan fingerprint density at radius 1 is 0.345 bits per heavy atom. The molecule has 0 spiro atoms. The molecule has 5 rings (SSSR count). The Balaban J connectivity index is 1.44. The predicted octanol–water partition coefficient (Wildman–Crippen LogP) is 10.5. The van der Waals surface area contributed by atoms with E-state index in [0.717, 1.165) is 14.8 Å². The van der Waals surface area contributed by atoms with Crippen LogP contribution in [0.1, 0.15) is 128 Å². The van der Waals surface area contributed by atoms with E-state index < -0.39 is 0 Å². The van der Waals surface area contributed by atoms with Gasteiger partial charge in [-0.15, -0.1) is 0 Å². The molecule has 4 saturated carbocycles. The van der Waals surface area contributed by atoms with Crippen LogP contribution in [0.4, 0.5) is 0 Å². The van der Waals surface area contributed by atoms with E-state index in [0.29, 0.717) is 26.9 Å². The van der Waals surface area contributed by atoms with Gasteiger partial charge in [-0.3, -0.25) is 0 Å². The molecule has 4 aliphatic carbocycles. The molecule has 0 aromatic rings. The Hall–Kier alpha value is 2.28. The molecule has 0 bridgehead atoms. The second-order valence-electron chi connectivity index (χ2n) is 10.5. The first-order valence-corrected chi connectivity index (χ1v) is 26.0. The average Bonchev–Trinajstić information content (AvgIpc) is 3.22. The first-order valence-electron chi connectivity index (χ1n) is 13.3. The van der Waals surface area contributed by atoms with Gasteiger partial charge >= 0.3 is 193 Å². The summed E-state index contributed by atoms with van der Waals surface area (Å²) < 4.78 is 0. The molecule has 0 N–H and O–H groups in total. The van der Waals surface area contributed by atoms with Gasteiger partial charge in [0, 0.05) is 0 Å². The van der Waals surface area contributed by atoms with Crippen LogP contribution >= 0.6 is 26.9 Å². The van der Waals surface area contributed by atoms with Crippen LogP contribution in [-0.2, 0) is 0 Å². The van der Waals surface area contributed by atoms with Gasteiger partial charge in [0.05, 0.1) is 0 Å². The van der Waals surface area contributed by atoms with Gasteiger partial charge in [-0.25, -0.2) is 0 Å². The van der Waals surface area contributed by atoms with Crippen molar-refractivity contribution in [2.24, 2.45) is 0 Å². The van der Waals surface area contributed by atoms with Crippen molar-refractivity contribution in [2.75, 3.05) is 0 Å². The molecule has 5 fully saturated rings. The summed E-state index contributed by atoms with van der Waals surface area (Å²) in [7, 11) is 1.00. The maximum atomic E-state index is 1.69. The van der Waals surface area contributed by atoms with Gasteiger partial charge in [-0.1, -0.05) is 0 Å². The Bertz CT molecular complexity index is 449. The number of hydrogen-bond donors (Lipinski definition) is 0. The third-order valence-corrected chi connectivity index (χ3v) is 65.0. The van der Waals surface area contributed by atoms with Crippen LogP contribution in [0.25, 0.3) is 0 Å². The minimum absolute atomic E-state index is 0.500. The van der Waals surface area contributed by atoms with Crippen LogP contribution in [0.3, 0.4) is 0 Å². The van der Waals surface area contributed by atoms with Gasteiger partial charge in [-0.05, 0) is 0 Å². The molecule has 0 aromatic carbocycles. The molecule has 0 amide bonds. The van der Waals surface area contributed by atoms with E-state index in [9.17, 15) is 0 Å². The maximum absolute atomic E-state index is 1.69. The molecule has 165 valence electrons. The zero-order chi connectivity index (χ0) is 19.5. The van der Waals surface area contributed by atoms with Crippen molar-refractivity contribution in [3.63, 3.8) is 0 Å². The van der Waals surface area contributed by atoms with Crippen LogP contribution in [-0.4, -0.2) is 37.5 Å².